The molecule has 0 saturated heterocycles. The Bertz CT molecular complexity index is 696. The van der Waals surface area contributed by atoms with Gasteiger partial charge in [0.1, 0.15) is 5.75 Å². The highest BCUT2D eigenvalue weighted by Crippen LogP contribution is 2.30. The SMILES string of the molecule is O=C(CSc1ccccn1)N/N=C\c1cc(Br)cc(Br)c1O. The van der Waals surface area contributed by atoms with E-state index in [0.717, 1.165) is 9.50 Å². The van der Waals surface area contributed by atoms with Crippen LogP contribution in [0.2, 0.25) is 0 Å². The van der Waals surface area contributed by atoms with Crippen molar-refractivity contribution in [2.45, 2.75) is 5.03 Å². The molecule has 1 heterocycles. The summed E-state index contributed by atoms with van der Waals surface area (Å²) < 4.78 is 1.33. The van der Waals surface area contributed by atoms with Crippen molar-refractivity contribution < 1.29 is 9.90 Å². The Labute approximate surface area is 148 Å². The molecule has 2 rings (SSSR count). The number of hydrogen-bond acceptors (Lipinski definition) is 5. The number of nitrogens with zero attached hydrogens (tertiary/aromatic N) is 2. The first-order chi connectivity index (χ1) is 10.6. The van der Waals surface area contributed by atoms with Crippen LogP contribution in [0.5, 0.6) is 5.75 Å². The number of aromatic hydroxyl groups is 1. The summed E-state index contributed by atoms with van der Waals surface area (Å²) in [5, 5.41) is 14.5. The summed E-state index contributed by atoms with van der Waals surface area (Å²) in [5.74, 6) is 0.0206. The maximum Gasteiger partial charge on any atom is 0.250 e. The third-order valence-corrected chi connectivity index (χ3v) is 4.45. The zero-order valence-corrected chi connectivity index (χ0v) is 15.2. The van der Waals surface area contributed by atoms with E-state index in [-0.39, 0.29) is 17.4 Å². The highest BCUT2D eigenvalue weighted by molar-refractivity contribution is 9.11. The van der Waals surface area contributed by atoms with Crippen LogP contribution in [0.4, 0.5) is 0 Å². The van der Waals surface area contributed by atoms with Gasteiger partial charge in [-0.05, 0) is 40.2 Å². The summed E-state index contributed by atoms with van der Waals surface area (Å²) in [6.45, 7) is 0. The van der Waals surface area contributed by atoms with Gasteiger partial charge in [0.2, 0.25) is 5.91 Å². The van der Waals surface area contributed by atoms with Gasteiger partial charge in [-0.2, -0.15) is 5.10 Å². The standard InChI is InChI=1S/C14H11Br2N3O2S/c15-10-5-9(14(21)11(16)6-10)7-18-19-12(20)8-22-13-3-1-2-4-17-13/h1-7,21H,8H2,(H,19,20)/b18-7-. The first kappa shape index (κ1) is 17.0. The van der Waals surface area contributed by atoms with Crippen molar-refractivity contribution >= 4 is 55.7 Å². The van der Waals surface area contributed by atoms with E-state index < -0.39 is 0 Å². The van der Waals surface area contributed by atoms with Crippen LogP contribution in [0, 0.1) is 0 Å². The van der Waals surface area contributed by atoms with Crippen LogP contribution in [0.25, 0.3) is 0 Å². The van der Waals surface area contributed by atoms with E-state index in [1.165, 1.54) is 18.0 Å². The molecule has 8 heteroatoms. The summed E-state index contributed by atoms with van der Waals surface area (Å²) in [6, 6.07) is 8.92. The molecule has 0 radical (unpaired) electrons. The molecule has 5 nitrogen and oxygen atoms in total. The summed E-state index contributed by atoms with van der Waals surface area (Å²) >= 11 is 7.87. The molecular formula is C14H11Br2N3O2S. The van der Waals surface area contributed by atoms with E-state index in [4.69, 9.17) is 0 Å². The molecule has 0 spiro atoms. The number of halogens is 2. The summed E-state index contributed by atoms with van der Waals surface area (Å²) in [6.07, 6.45) is 3.06. The molecule has 2 aromatic rings. The Morgan fingerprint density at radius 3 is 2.95 bits per heavy atom. The van der Waals surface area contributed by atoms with Crippen LogP contribution in [0.3, 0.4) is 0 Å². The van der Waals surface area contributed by atoms with Crippen molar-refractivity contribution in [2.24, 2.45) is 5.10 Å². The molecule has 0 bridgehead atoms. The fourth-order valence-corrected chi connectivity index (χ4v) is 3.37. The summed E-state index contributed by atoms with van der Waals surface area (Å²) in [4.78, 5) is 15.8. The Kier molecular flexibility index (Phi) is 6.41. The molecule has 1 aromatic heterocycles. The minimum Gasteiger partial charge on any atom is -0.506 e. The Hall–Kier alpha value is -1.38. The Morgan fingerprint density at radius 2 is 2.23 bits per heavy atom. The van der Waals surface area contributed by atoms with Crippen molar-refractivity contribution in [2.75, 3.05) is 5.75 Å². The number of aromatic nitrogens is 1. The van der Waals surface area contributed by atoms with Crippen LogP contribution in [0.15, 0.2) is 55.6 Å². The molecule has 1 amide bonds. The number of phenols is 1. The summed E-state index contributed by atoms with van der Waals surface area (Å²) in [7, 11) is 0. The van der Waals surface area contributed by atoms with Crippen LogP contribution >= 0.6 is 43.6 Å². The average molecular weight is 445 g/mol. The molecule has 0 unspecified atom stereocenters. The number of phenolic OH excluding ortho intramolecular Hbond substituents is 1. The lowest BCUT2D eigenvalue weighted by Gasteiger charge is -2.03. The zero-order valence-electron chi connectivity index (χ0n) is 11.2. The molecule has 22 heavy (non-hydrogen) atoms. The molecule has 0 aliphatic heterocycles. The number of thioether (sulfide) groups is 1. The molecule has 0 saturated carbocycles. The minimum atomic E-state index is -0.250. The predicted octanol–water partition coefficient (Wildman–Crippen LogP) is 3.55. The van der Waals surface area contributed by atoms with Gasteiger partial charge in [0.25, 0.3) is 0 Å². The van der Waals surface area contributed by atoms with E-state index in [1.807, 2.05) is 18.2 Å². The molecule has 0 aliphatic carbocycles. The maximum atomic E-state index is 11.7. The molecular weight excluding hydrogens is 434 g/mol. The number of carbonyl (C=O) groups excluding carboxylic acids is 1. The first-order valence-corrected chi connectivity index (χ1v) is 8.67. The van der Waals surface area contributed by atoms with Gasteiger partial charge in [0.05, 0.1) is 21.5 Å². The second kappa shape index (κ2) is 8.30. The fraction of sp³-hybridized carbons (Fsp3) is 0.0714. The molecule has 114 valence electrons. The molecule has 1 aromatic carbocycles. The Morgan fingerprint density at radius 1 is 1.41 bits per heavy atom. The minimum absolute atomic E-state index is 0.0593. The molecule has 0 fully saturated rings. The van der Waals surface area contributed by atoms with Gasteiger partial charge in [0.15, 0.2) is 0 Å². The van der Waals surface area contributed by atoms with Gasteiger partial charge in [-0.25, -0.2) is 10.4 Å². The lowest BCUT2D eigenvalue weighted by atomic mass is 10.2. The van der Waals surface area contributed by atoms with Crippen LogP contribution < -0.4 is 5.43 Å². The lowest BCUT2D eigenvalue weighted by molar-refractivity contribution is -0.118. The molecule has 0 aliphatic rings. The monoisotopic (exact) mass is 443 g/mol. The van der Waals surface area contributed by atoms with E-state index in [2.05, 4.69) is 47.4 Å². The number of hydrazone groups is 1. The second-order valence-electron chi connectivity index (χ2n) is 4.08. The van der Waals surface area contributed by atoms with Gasteiger partial charge in [-0.15, -0.1) is 0 Å². The second-order valence-corrected chi connectivity index (χ2v) is 6.84. The zero-order chi connectivity index (χ0) is 15.9. The van der Waals surface area contributed by atoms with Crippen molar-refractivity contribution in [1.29, 1.82) is 0 Å². The smallest absolute Gasteiger partial charge is 0.250 e. The van der Waals surface area contributed by atoms with Gasteiger partial charge in [0, 0.05) is 16.2 Å². The molecule has 0 atom stereocenters. The van der Waals surface area contributed by atoms with E-state index in [0.29, 0.717) is 10.0 Å². The van der Waals surface area contributed by atoms with Gasteiger partial charge < -0.3 is 5.11 Å². The predicted molar refractivity (Wildman–Crippen MR) is 94.2 cm³/mol. The maximum absolute atomic E-state index is 11.7. The van der Waals surface area contributed by atoms with Crippen molar-refractivity contribution in [3.05, 3.63) is 51.0 Å². The number of rotatable bonds is 5. The topological polar surface area (TPSA) is 74.6 Å². The highest BCUT2D eigenvalue weighted by atomic mass is 79.9. The lowest BCUT2D eigenvalue weighted by Crippen LogP contribution is -2.19. The summed E-state index contributed by atoms with van der Waals surface area (Å²) in [5.41, 5.74) is 2.89. The van der Waals surface area contributed by atoms with Gasteiger partial charge in [-0.3, -0.25) is 4.79 Å². The van der Waals surface area contributed by atoms with Crippen LogP contribution in [-0.2, 0) is 4.79 Å². The Balaban J connectivity index is 1.88. The number of hydrogen-bond donors (Lipinski definition) is 2. The van der Waals surface area contributed by atoms with Crippen molar-refractivity contribution in [1.82, 2.24) is 10.4 Å². The first-order valence-electron chi connectivity index (χ1n) is 6.10. The number of carbonyl (C=O) groups is 1. The number of amides is 1. The van der Waals surface area contributed by atoms with Gasteiger partial charge >= 0.3 is 0 Å². The average Bonchev–Trinajstić information content (AvgIpc) is 2.51. The number of nitrogens with one attached hydrogen (secondary N) is 1. The van der Waals surface area contributed by atoms with Crippen molar-refractivity contribution in [3.8, 4) is 5.75 Å². The number of benzene rings is 1. The van der Waals surface area contributed by atoms with E-state index in [1.54, 1.807) is 18.3 Å². The van der Waals surface area contributed by atoms with Gasteiger partial charge in [-0.1, -0.05) is 33.8 Å². The number of pyridine rings is 1. The van der Waals surface area contributed by atoms with E-state index >= 15 is 0 Å². The third kappa shape index (κ3) is 5.11. The highest BCUT2D eigenvalue weighted by Gasteiger charge is 2.06. The normalized spacial score (nSPS) is 10.8. The van der Waals surface area contributed by atoms with Crippen molar-refractivity contribution in [3.63, 3.8) is 0 Å². The third-order valence-electron chi connectivity index (χ3n) is 2.44. The quantitative estimate of drug-likeness (QED) is 0.420. The molecule has 2 N–H and O–H groups in total. The van der Waals surface area contributed by atoms with E-state index in [9.17, 15) is 9.90 Å². The van der Waals surface area contributed by atoms with Crippen LogP contribution in [0.1, 0.15) is 5.56 Å². The largest absolute Gasteiger partial charge is 0.506 e. The van der Waals surface area contributed by atoms with Crippen LogP contribution in [-0.4, -0.2) is 28.0 Å². The fourth-order valence-electron chi connectivity index (χ4n) is 1.46.